The highest BCUT2D eigenvalue weighted by atomic mass is 19.1. The SMILES string of the molecule is Cc1ccc(C(=O)C2CC(CCCCC(C)C)CC(C(=O)c3cccc(C)c3)C2c2cccc(F)c2C)cc1. The van der Waals surface area contributed by atoms with E-state index in [0.29, 0.717) is 22.6 Å². The molecular weight excluding hydrogens is 483 g/mol. The quantitative estimate of drug-likeness (QED) is 0.195. The van der Waals surface area contributed by atoms with E-state index in [1.165, 1.54) is 12.5 Å². The minimum atomic E-state index is -0.379. The van der Waals surface area contributed by atoms with Crippen LogP contribution in [0.2, 0.25) is 0 Å². The Balaban J connectivity index is 1.78. The number of aryl methyl sites for hydroxylation is 2. The fraction of sp³-hybridized carbons (Fsp3) is 0.444. The van der Waals surface area contributed by atoms with E-state index in [4.69, 9.17) is 0 Å². The fourth-order valence-electron chi connectivity index (χ4n) is 6.51. The van der Waals surface area contributed by atoms with Crippen LogP contribution in [0.4, 0.5) is 4.39 Å². The molecule has 0 radical (unpaired) electrons. The summed E-state index contributed by atoms with van der Waals surface area (Å²) >= 11 is 0. The van der Waals surface area contributed by atoms with Crippen LogP contribution in [0.1, 0.15) is 101 Å². The fourth-order valence-corrected chi connectivity index (χ4v) is 6.51. The summed E-state index contributed by atoms with van der Waals surface area (Å²) in [7, 11) is 0. The summed E-state index contributed by atoms with van der Waals surface area (Å²) in [5.74, 6) is -0.324. The van der Waals surface area contributed by atoms with Gasteiger partial charge >= 0.3 is 0 Å². The number of carbonyl (C=O) groups is 2. The van der Waals surface area contributed by atoms with Crippen LogP contribution in [-0.2, 0) is 0 Å². The van der Waals surface area contributed by atoms with Crippen LogP contribution in [0, 0.1) is 50.3 Å². The van der Waals surface area contributed by atoms with E-state index in [1.807, 2.05) is 68.4 Å². The van der Waals surface area contributed by atoms with Crippen LogP contribution < -0.4 is 0 Å². The van der Waals surface area contributed by atoms with Crippen LogP contribution in [0.25, 0.3) is 0 Å². The highest BCUT2D eigenvalue weighted by Gasteiger charge is 2.45. The molecule has 0 spiro atoms. The molecule has 1 saturated carbocycles. The normalized spacial score (nSPS) is 21.2. The topological polar surface area (TPSA) is 34.1 Å². The molecule has 2 nitrogen and oxygen atoms in total. The van der Waals surface area contributed by atoms with Gasteiger partial charge < -0.3 is 0 Å². The van der Waals surface area contributed by atoms with Crippen LogP contribution in [0.5, 0.6) is 0 Å². The summed E-state index contributed by atoms with van der Waals surface area (Å²) in [6.07, 6.45) is 5.92. The summed E-state index contributed by atoms with van der Waals surface area (Å²) in [4.78, 5) is 28.5. The lowest BCUT2D eigenvalue weighted by molar-refractivity contribution is 0.0665. The molecule has 0 bridgehead atoms. The monoisotopic (exact) mass is 526 g/mol. The molecule has 0 saturated heterocycles. The van der Waals surface area contributed by atoms with E-state index < -0.39 is 0 Å². The maximum atomic E-state index is 14.9. The van der Waals surface area contributed by atoms with E-state index in [9.17, 15) is 14.0 Å². The average Bonchev–Trinajstić information content (AvgIpc) is 2.92. The lowest BCUT2D eigenvalue weighted by Crippen LogP contribution is -2.40. The molecule has 4 rings (SSSR count). The molecular formula is C36H43FO2. The second-order valence-electron chi connectivity index (χ2n) is 12.2. The van der Waals surface area contributed by atoms with Gasteiger partial charge in [0, 0.05) is 28.9 Å². The van der Waals surface area contributed by atoms with Crippen LogP contribution in [0.3, 0.4) is 0 Å². The van der Waals surface area contributed by atoms with Crippen molar-refractivity contribution in [3.8, 4) is 0 Å². The number of carbonyl (C=O) groups excluding carboxylic acids is 2. The standard InChI is InChI=1S/C36H43FO2/c1-23(2)10-6-7-12-27-21-31(35(38)28-18-16-24(3)17-19-28)34(30-14-9-15-33(37)26(30)5)32(22-27)36(39)29-13-8-11-25(4)20-29/h8-9,11,13-20,23,27,31-32,34H,6-7,10,12,21-22H2,1-5H3. The Labute approximate surface area is 234 Å². The van der Waals surface area contributed by atoms with Crippen molar-refractivity contribution in [2.75, 3.05) is 0 Å². The summed E-state index contributed by atoms with van der Waals surface area (Å²) < 4.78 is 14.9. The van der Waals surface area contributed by atoms with Crippen molar-refractivity contribution in [3.63, 3.8) is 0 Å². The predicted molar refractivity (Wildman–Crippen MR) is 158 cm³/mol. The Bertz CT molecular complexity index is 1290. The lowest BCUT2D eigenvalue weighted by atomic mass is 9.60. The molecule has 4 unspecified atom stereocenters. The lowest BCUT2D eigenvalue weighted by Gasteiger charge is -2.42. The number of hydrogen-bond donors (Lipinski definition) is 0. The molecule has 0 aromatic heterocycles. The molecule has 0 N–H and O–H groups in total. The molecule has 3 aromatic rings. The highest BCUT2D eigenvalue weighted by molar-refractivity contribution is 6.02. The van der Waals surface area contributed by atoms with Gasteiger partial charge in [-0.15, -0.1) is 0 Å². The first-order valence-corrected chi connectivity index (χ1v) is 14.6. The Hall–Kier alpha value is -3.07. The number of benzene rings is 3. The van der Waals surface area contributed by atoms with Crippen molar-refractivity contribution in [2.45, 2.75) is 79.1 Å². The van der Waals surface area contributed by atoms with Gasteiger partial charge in [-0.3, -0.25) is 9.59 Å². The van der Waals surface area contributed by atoms with Gasteiger partial charge in [-0.05, 0) is 68.7 Å². The molecule has 206 valence electrons. The molecule has 0 aliphatic heterocycles. The third kappa shape index (κ3) is 6.93. The summed E-state index contributed by atoms with van der Waals surface area (Å²) in [5, 5.41) is 0. The van der Waals surface area contributed by atoms with E-state index >= 15 is 0 Å². The molecule has 39 heavy (non-hydrogen) atoms. The number of unbranched alkanes of at least 4 members (excludes halogenated alkanes) is 1. The van der Waals surface area contributed by atoms with Crippen LogP contribution >= 0.6 is 0 Å². The summed E-state index contributed by atoms with van der Waals surface area (Å²) in [6.45, 7) is 10.3. The van der Waals surface area contributed by atoms with Gasteiger partial charge in [0.05, 0.1) is 0 Å². The zero-order chi connectivity index (χ0) is 28.1. The number of halogens is 1. The van der Waals surface area contributed by atoms with E-state index in [2.05, 4.69) is 13.8 Å². The van der Waals surface area contributed by atoms with Crippen molar-refractivity contribution in [1.82, 2.24) is 0 Å². The largest absolute Gasteiger partial charge is 0.294 e. The molecule has 1 aliphatic carbocycles. The Morgan fingerprint density at radius 3 is 2.08 bits per heavy atom. The second-order valence-corrected chi connectivity index (χ2v) is 12.2. The van der Waals surface area contributed by atoms with Crippen molar-refractivity contribution >= 4 is 11.6 Å². The third-order valence-corrected chi connectivity index (χ3v) is 8.67. The van der Waals surface area contributed by atoms with Crippen molar-refractivity contribution in [1.29, 1.82) is 0 Å². The maximum absolute atomic E-state index is 14.9. The minimum Gasteiger partial charge on any atom is -0.294 e. The van der Waals surface area contributed by atoms with Gasteiger partial charge in [0.1, 0.15) is 5.82 Å². The number of ketones is 2. The second kappa shape index (κ2) is 12.9. The Morgan fingerprint density at radius 1 is 0.795 bits per heavy atom. The van der Waals surface area contributed by atoms with Gasteiger partial charge in [-0.25, -0.2) is 4.39 Å². The average molecular weight is 527 g/mol. The summed E-state index contributed by atoms with van der Waals surface area (Å²) in [6, 6.07) is 20.6. The maximum Gasteiger partial charge on any atom is 0.166 e. The first-order valence-electron chi connectivity index (χ1n) is 14.6. The third-order valence-electron chi connectivity index (χ3n) is 8.67. The Kier molecular flexibility index (Phi) is 9.53. The minimum absolute atomic E-state index is 0.0672. The predicted octanol–water partition coefficient (Wildman–Crippen LogP) is 9.46. The van der Waals surface area contributed by atoms with Gasteiger partial charge in [0.2, 0.25) is 0 Å². The van der Waals surface area contributed by atoms with Gasteiger partial charge in [-0.2, -0.15) is 0 Å². The molecule has 0 amide bonds. The molecule has 3 heteroatoms. The van der Waals surface area contributed by atoms with Crippen molar-refractivity contribution in [3.05, 3.63) is 106 Å². The summed E-state index contributed by atoms with van der Waals surface area (Å²) in [5.41, 5.74) is 4.83. The molecule has 1 fully saturated rings. The number of Topliss-reactive ketones (excluding diaryl/α,β-unsaturated/α-hetero) is 2. The first kappa shape index (κ1) is 28.9. The van der Waals surface area contributed by atoms with Crippen molar-refractivity contribution < 1.29 is 14.0 Å². The van der Waals surface area contributed by atoms with Gasteiger partial charge in [-0.1, -0.05) is 105 Å². The number of hydrogen-bond acceptors (Lipinski definition) is 2. The molecule has 3 aromatic carbocycles. The van der Waals surface area contributed by atoms with Crippen LogP contribution in [-0.4, -0.2) is 11.6 Å². The molecule has 1 aliphatic rings. The van der Waals surface area contributed by atoms with E-state index in [0.717, 1.165) is 48.8 Å². The Morgan fingerprint density at radius 2 is 1.44 bits per heavy atom. The molecule has 4 atom stereocenters. The zero-order valence-electron chi connectivity index (χ0n) is 24.2. The van der Waals surface area contributed by atoms with E-state index in [-0.39, 0.29) is 41.1 Å². The number of rotatable bonds is 10. The van der Waals surface area contributed by atoms with Gasteiger partial charge in [0.25, 0.3) is 0 Å². The first-order chi connectivity index (χ1) is 18.7. The highest BCUT2D eigenvalue weighted by Crippen LogP contribution is 2.49. The smallest absolute Gasteiger partial charge is 0.166 e. The molecule has 0 heterocycles. The van der Waals surface area contributed by atoms with Crippen molar-refractivity contribution in [2.24, 2.45) is 23.7 Å². The van der Waals surface area contributed by atoms with E-state index in [1.54, 1.807) is 13.0 Å². The van der Waals surface area contributed by atoms with Crippen LogP contribution in [0.15, 0.2) is 66.7 Å². The zero-order valence-corrected chi connectivity index (χ0v) is 24.2. The van der Waals surface area contributed by atoms with Gasteiger partial charge in [0.15, 0.2) is 11.6 Å².